The van der Waals surface area contributed by atoms with Gasteiger partial charge in [-0.25, -0.2) is 5.10 Å². The maximum absolute atomic E-state index is 12.1. The predicted molar refractivity (Wildman–Crippen MR) is 62.4 cm³/mol. The number of allylic oxidation sites excluding steroid dienone is 2. The molecule has 18 heavy (non-hydrogen) atoms. The van der Waals surface area contributed by atoms with Gasteiger partial charge >= 0.3 is 0 Å². The lowest BCUT2D eigenvalue weighted by molar-refractivity contribution is -0.116. The van der Waals surface area contributed by atoms with Crippen LogP contribution in [0.25, 0.3) is 0 Å². The lowest BCUT2D eigenvalue weighted by Crippen LogP contribution is -2.26. The number of aliphatic hydroxyl groups excluding tert-OH is 1. The van der Waals surface area contributed by atoms with E-state index in [1.54, 1.807) is 6.92 Å². The van der Waals surface area contributed by atoms with Crippen LogP contribution in [0.2, 0.25) is 0 Å². The van der Waals surface area contributed by atoms with Crippen molar-refractivity contribution in [3.8, 4) is 0 Å². The van der Waals surface area contributed by atoms with Crippen LogP contribution in [0, 0.1) is 6.92 Å². The van der Waals surface area contributed by atoms with Crippen molar-refractivity contribution in [2.45, 2.75) is 26.2 Å². The first-order valence-electron chi connectivity index (χ1n) is 5.57. The van der Waals surface area contributed by atoms with Gasteiger partial charge in [-0.15, -0.1) is 0 Å². The molecule has 1 aliphatic carbocycles. The molecule has 94 valence electrons. The van der Waals surface area contributed by atoms with E-state index in [0.29, 0.717) is 12.1 Å². The van der Waals surface area contributed by atoms with E-state index in [9.17, 15) is 19.5 Å². The van der Waals surface area contributed by atoms with Crippen molar-refractivity contribution in [1.82, 2.24) is 10.2 Å². The fourth-order valence-electron chi connectivity index (χ4n) is 1.89. The summed E-state index contributed by atoms with van der Waals surface area (Å²) >= 11 is 0. The number of ketones is 2. The van der Waals surface area contributed by atoms with Gasteiger partial charge in [0.25, 0.3) is 5.56 Å². The van der Waals surface area contributed by atoms with Crippen molar-refractivity contribution in [2.24, 2.45) is 0 Å². The van der Waals surface area contributed by atoms with Gasteiger partial charge < -0.3 is 5.11 Å². The van der Waals surface area contributed by atoms with Crippen molar-refractivity contribution in [3.63, 3.8) is 0 Å². The molecule has 1 aromatic rings. The minimum absolute atomic E-state index is 0.167. The summed E-state index contributed by atoms with van der Waals surface area (Å²) in [5.74, 6) is -1.38. The zero-order valence-electron chi connectivity index (χ0n) is 9.82. The number of aromatic nitrogens is 2. The average Bonchev–Trinajstić information content (AvgIpc) is 2.32. The Morgan fingerprint density at radius 2 is 2.11 bits per heavy atom. The van der Waals surface area contributed by atoms with Crippen molar-refractivity contribution in [2.75, 3.05) is 0 Å². The highest BCUT2D eigenvalue weighted by atomic mass is 16.3. The Kier molecular flexibility index (Phi) is 3.10. The number of aromatic amines is 1. The van der Waals surface area contributed by atoms with Gasteiger partial charge in [-0.3, -0.25) is 14.4 Å². The highest BCUT2D eigenvalue weighted by Gasteiger charge is 2.28. The number of Topliss-reactive ketones (excluding diaryl/α,β-unsaturated/α-hetero) is 2. The number of aryl methyl sites for hydroxylation is 1. The lowest BCUT2D eigenvalue weighted by Gasteiger charge is -2.13. The molecule has 1 aliphatic rings. The zero-order chi connectivity index (χ0) is 13.3. The van der Waals surface area contributed by atoms with E-state index < -0.39 is 17.1 Å². The molecule has 0 amide bonds. The number of H-pyrrole nitrogens is 1. The molecule has 0 aliphatic heterocycles. The normalized spacial score (nSPS) is 15.9. The third-order valence-electron chi connectivity index (χ3n) is 2.79. The van der Waals surface area contributed by atoms with Crippen LogP contribution in [-0.2, 0) is 4.79 Å². The van der Waals surface area contributed by atoms with Crippen LogP contribution in [0.3, 0.4) is 0 Å². The van der Waals surface area contributed by atoms with Crippen LogP contribution >= 0.6 is 0 Å². The number of carbonyl (C=O) groups excluding carboxylic acids is 2. The second kappa shape index (κ2) is 4.56. The third-order valence-corrected chi connectivity index (χ3v) is 2.79. The van der Waals surface area contributed by atoms with E-state index in [1.807, 2.05) is 0 Å². The Morgan fingerprint density at radius 3 is 2.78 bits per heavy atom. The smallest absolute Gasteiger partial charge is 0.275 e. The van der Waals surface area contributed by atoms with Gasteiger partial charge in [0.2, 0.25) is 5.78 Å². The van der Waals surface area contributed by atoms with Crippen molar-refractivity contribution < 1.29 is 14.7 Å². The molecule has 0 fully saturated rings. The van der Waals surface area contributed by atoms with E-state index in [4.69, 9.17) is 0 Å². The molecule has 1 heterocycles. The number of aliphatic hydroxyl groups is 1. The first-order chi connectivity index (χ1) is 8.50. The summed E-state index contributed by atoms with van der Waals surface area (Å²) in [4.78, 5) is 35.3. The summed E-state index contributed by atoms with van der Waals surface area (Å²) < 4.78 is 0. The molecule has 2 rings (SSSR count). The Morgan fingerprint density at radius 1 is 1.39 bits per heavy atom. The largest absolute Gasteiger partial charge is 0.511 e. The molecule has 0 saturated heterocycles. The summed E-state index contributed by atoms with van der Waals surface area (Å²) in [5, 5.41) is 15.5. The molecule has 0 atom stereocenters. The Bertz CT molecular complexity index is 613. The standard InChI is InChI=1S/C12H12N2O4/c1-6-5-7(12(18)14-13-6)11(17)10-8(15)3-2-4-9(10)16/h5,15H,2-4H2,1H3,(H,14,18). The first-order valence-corrected chi connectivity index (χ1v) is 5.57. The van der Waals surface area contributed by atoms with Gasteiger partial charge in [-0.1, -0.05) is 0 Å². The van der Waals surface area contributed by atoms with Crippen LogP contribution in [0.1, 0.15) is 35.3 Å². The van der Waals surface area contributed by atoms with Gasteiger partial charge in [-0.2, -0.15) is 5.10 Å². The highest BCUT2D eigenvalue weighted by Crippen LogP contribution is 2.22. The molecule has 0 radical (unpaired) electrons. The Hall–Kier alpha value is -2.24. The fraction of sp³-hybridized carbons (Fsp3) is 0.333. The van der Waals surface area contributed by atoms with E-state index >= 15 is 0 Å². The first kappa shape index (κ1) is 12.2. The third kappa shape index (κ3) is 2.09. The highest BCUT2D eigenvalue weighted by molar-refractivity contribution is 6.26. The Balaban J connectivity index is 2.52. The maximum Gasteiger partial charge on any atom is 0.275 e. The number of nitrogens with zero attached hydrogens (tertiary/aromatic N) is 1. The molecule has 6 heteroatoms. The van der Waals surface area contributed by atoms with Gasteiger partial charge in [0.1, 0.15) is 11.3 Å². The van der Waals surface area contributed by atoms with Crippen molar-refractivity contribution in [3.05, 3.63) is 39.0 Å². The molecule has 0 saturated carbocycles. The number of nitrogens with one attached hydrogen (secondary N) is 1. The van der Waals surface area contributed by atoms with Crippen LogP contribution in [0.15, 0.2) is 22.2 Å². The van der Waals surface area contributed by atoms with E-state index in [0.717, 1.165) is 0 Å². The number of carbonyl (C=O) groups is 2. The molecule has 6 nitrogen and oxygen atoms in total. The molecule has 0 unspecified atom stereocenters. The molecular formula is C12H12N2O4. The van der Waals surface area contributed by atoms with E-state index in [1.165, 1.54) is 6.07 Å². The molecule has 0 aromatic carbocycles. The summed E-state index contributed by atoms with van der Waals surface area (Å²) in [5.41, 5.74) is -0.637. The molecule has 1 aromatic heterocycles. The monoisotopic (exact) mass is 248 g/mol. The average molecular weight is 248 g/mol. The van der Waals surface area contributed by atoms with Gasteiger partial charge in [-0.05, 0) is 19.4 Å². The van der Waals surface area contributed by atoms with Gasteiger partial charge in [0.05, 0.1) is 11.3 Å². The predicted octanol–water partition coefficient (Wildman–Crippen LogP) is 0.826. The SMILES string of the molecule is Cc1cc(C(=O)C2=C(O)CCCC2=O)c(=O)[nH]n1. The van der Waals surface area contributed by atoms with E-state index in [2.05, 4.69) is 10.2 Å². The molecular weight excluding hydrogens is 236 g/mol. The summed E-state index contributed by atoms with van der Waals surface area (Å²) in [6, 6.07) is 1.31. The summed E-state index contributed by atoms with van der Waals surface area (Å²) in [7, 11) is 0. The van der Waals surface area contributed by atoms with Gasteiger partial charge in [0.15, 0.2) is 5.78 Å². The van der Waals surface area contributed by atoms with Gasteiger partial charge in [0, 0.05) is 12.8 Å². The summed E-state index contributed by atoms with van der Waals surface area (Å²) in [6.07, 6.45) is 1.02. The number of rotatable bonds is 2. The van der Waals surface area contributed by atoms with Crippen molar-refractivity contribution >= 4 is 11.6 Å². The second-order valence-corrected chi connectivity index (χ2v) is 4.18. The summed E-state index contributed by atoms with van der Waals surface area (Å²) in [6.45, 7) is 1.61. The Labute approximate surface area is 102 Å². The number of hydrogen-bond donors (Lipinski definition) is 2. The quantitative estimate of drug-likeness (QED) is 0.596. The number of hydrogen-bond acceptors (Lipinski definition) is 5. The molecule has 0 bridgehead atoms. The van der Waals surface area contributed by atoms with E-state index in [-0.39, 0.29) is 29.7 Å². The van der Waals surface area contributed by atoms with Crippen molar-refractivity contribution in [1.29, 1.82) is 0 Å². The minimum Gasteiger partial charge on any atom is -0.511 e. The van der Waals surface area contributed by atoms with Crippen LogP contribution in [-0.4, -0.2) is 26.9 Å². The molecule has 2 N–H and O–H groups in total. The fourth-order valence-corrected chi connectivity index (χ4v) is 1.89. The van der Waals surface area contributed by atoms with Crippen LogP contribution in [0.5, 0.6) is 0 Å². The second-order valence-electron chi connectivity index (χ2n) is 4.18. The minimum atomic E-state index is -0.732. The van der Waals surface area contributed by atoms with Crippen LogP contribution < -0.4 is 5.56 Å². The topological polar surface area (TPSA) is 100 Å². The lowest BCUT2D eigenvalue weighted by atomic mass is 9.91. The van der Waals surface area contributed by atoms with Crippen LogP contribution in [0.4, 0.5) is 0 Å². The zero-order valence-corrected chi connectivity index (χ0v) is 9.82. The maximum atomic E-state index is 12.1. The molecule has 0 spiro atoms.